The summed E-state index contributed by atoms with van der Waals surface area (Å²) in [6.07, 6.45) is 4.54. The summed E-state index contributed by atoms with van der Waals surface area (Å²) < 4.78 is 27.9. The van der Waals surface area contributed by atoms with E-state index in [0.29, 0.717) is 15.2 Å². The van der Waals surface area contributed by atoms with Gasteiger partial charge in [-0.1, -0.05) is 13.3 Å². The zero-order valence-electron chi connectivity index (χ0n) is 9.70. The number of halogens is 1. The highest BCUT2D eigenvalue weighted by Crippen LogP contribution is 2.43. The zero-order chi connectivity index (χ0) is 12.5. The fraction of sp³-hybridized carbons (Fsp3) is 0.636. The van der Waals surface area contributed by atoms with Gasteiger partial charge >= 0.3 is 0 Å². The Hall–Kier alpha value is 0.0900. The summed E-state index contributed by atoms with van der Waals surface area (Å²) in [4.78, 5) is 0. The highest BCUT2D eigenvalue weighted by Gasteiger charge is 2.36. The second kappa shape index (κ2) is 4.99. The summed E-state index contributed by atoms with van der Waals surface area (Å²) in [5, 5.41) is 1.78. The molecule has 1 aliphatic carbocycles. The SMILES string of the molecule is CCC1(CNS(=O)(=O)c2sccc2Br)CCC1. The van der Waals surface area contributed by atoms with Crippen LogP contribution in [0.15, 0.2) is 20.1 Å². The second-order valence-corrected chi connectivity index (χ2v) is 8.32. The first-order valence-electron chi connectivity index (χ1n) is 5.72. The van der Waals surface area contributed by atoms with Gasteiger partial charge < -0.3 is 0 Å². The molecule has 0 radical (unpaired) electrons. The van der Waals surface area contributed by atoms with Crippen LogP contribution in [0.1, 0.15) is 32.6 Å². The Labute approximate surface area is 115 Å². The molecule has 6 heteroatoms. The van der Waals surface area contributed by atoms with E-state index >= 15 is 0 Å². The average molecular weight is 338 g/mol. The van der Waals surface area contributed by atoms with Crippen molar-refractivity contribution in [3.05, 3.63) is 15.9 Å². The van der Waals surface area contributed by atoms with Crippen LogP contribution in [0.4, 0.5) is 0 Å². The van der Waals surface area contributed by atoms with E-state index in [1.165, 1.54) is 17.8 Å². The Morgan fingerprint density at radius 3 is 2.65 bits per heavy atom. The molecular weight excluding hydrogens is 322 g/mol. The second-order valence-electron chi connectivity index (χ2n) is 4.59. The predicted octanol–water partition coefficient (Wildman–Crippen LogP) is 3.37. The summed E-state index contributed by atoms with van der Waals surface area (Å²) in [6, 6.07) is 1.76. The minimum Gasteiger partial charge on any atom is -0.210 e. The van der Waals surface area contributed by atoms with Gasteiger partial charge in [-0.3, -0.25) is 0 Å². The van der Waals surface area contributed by atoms with Crippen molar-refractivity contribution in [3.8, 4) is 0 Å². The maximum Gasteiger partial charge on any atom is 0.251 e. The van der Waals surface area contributed by atoms with E-state index < -0.39 is 10.0 Å². The van der Waals surface area contributed by atoms with Crippen molar-refractivity contribution in [3.63, 3.8) is 0 Å². The Kier molecular flexibility index (Phi) is 3.97. The quantitative estimate of drug-likeness (QED) is 0.895. The Morgan fingerprint density at radius 1 is 1.53 bits per heavy atom. The number of nitrogens with one attached hydrogen (secondary N) is 1. The van der Waals surface area contributed by atoms with E-state index in [0.717, 1.165) is 19.3 Å². The standard InChI is InChI=1S/C11H16BrNO2S2/c1-2-11(5-3-6-11)8-13-17(14,15)10-9(12)4-7-16-10/h4,7,13H,2-3,5-6,8H2,1H3. The molecule has 1 aromatic heterocycles. The van der Waals surface area contributed by atoms with E-state index in [-0.39, 0.29) is 5.41 Å². The normalized spacial score (nSPS) is 18.9. The molecule has 0 bridgehead atoms. The summed E-state index contributed by atoms with van der Waals surface area (Å²) in [5.41, 5.74) is 0.205. The van der Waals surface area contributed by atoms with Crippen LogP contribution in [0, 0.1) is 5.41 Å². The average Bonchev–Trinajstić information content (AvgIpc) is 2.64. The van der Waals surface area contributed by atoms with Gasteiger partial charge in [-0.15, -0.1) is 11.3 Å². The topological polar surface area (TPSA) is 46.2 Å². The molecule has 1 N–H and O–H groups in total. The first-order valence-corrected chi connectivity index (χ1v) is 8.87. The Morgan fingerprint density at radius 2 is 2.24 bits per heavy atom. The van der Waals surface area contributed by atoms with Gasteiger partial charge in [-0.05, 0) is 52.1 Å². The lowest BCUT2D eigenvalue weighted by atomic mass is 9.67. The minimum atomic E-state index is -3.35. The van der Waals surface area contributed by atoms with Crippen molar-refractivity contribution < 1.29 is 8.42 Å². The van der Waals surface area contributed by atoms with Gasteiger partial charge in [0.1, 0.15) is 4.21 Å². The summed E-state index contributed by atoms with van der Waals surface area (Å²) in [5.74, 6) is 0. The van der Waals surface area contributed by atoms with Gasteiger partial charge in [0, 0.05) is 11.0 Å². The monoisotopic (exact) mass is 337 g/mol. The number of sulfonamides is 1. The van der Waals surface area contributed by atoms with Crippen molar-refractivity contribution in [1.82, 2.24) is 4.72 Å². The molecule has 0 unspecified atom stereocenters. The highest BCUT2D eigenvalue weighted by atomic mass is 79.9. The molecule has 1 aromatic rings. The smallest absolute Gasteiger partial charge is 0.210 e. The zero-order valence-corrected chi connectivity index (χ0v) is 12.9. The first kappa shape index (κ1) is 13.5. The van der Waals surface area contributed by atoms with Crippen LogP contribution in [-0.4, -0.2) is 15.0 Å². The molecule has 0 atom stereocenters. The van der Waals surface area contributed by atoms with Gasteiger partial charge in [-0.25, -0.2) is 13.1 Å². The summed E-state index contributed by atoms with van der Waals surface area (Å²) in [6.45, 7) is 2.70. The molecule has 1 fully saturated rings. The van der Waals surface area contributed by atoms with Crippen LogP contribution in [-0.2, 0) is 10.0 Å². The van der Waals surface area contributed by atoms with Gasteiger partial charge in [0.15, 0.2) is 0 Å². The van der Waals surface area contributed by atoms with Crippen LogP contribution in [0.2, 0.25) is 0 Å². The minimum absolute atomic E-state index is 0.205. The third-order valence-electron chi connectivity index (χ3n) is 3.63. The third kappa shape index (κ3) is 2.75. The maximum absolute atomic E-state index is 12.1. The van der Waals surface area contributed by atoms with E-state index in [2.05, 4.69) is 27.6 Å². The first-order chi connectivity index (χ1) is 7.99. The Bertz CT molecular complexity index is 486. The third-order valence-corrected chi connectivity index (χ3v) is 7.70. The molecule has 3 nitrogen and oxygen atoms in total. The van der Waals surface area contributed by atoms with Gasteiger partial charge in [0.25, 0.3) is 10.0 Å². The lowest BCUT2D eigenvalue weighted by molar-refractivity contribution is 0.133. The van der Waals surface area contributed by atoms with Crippen molar-refractivity contribution >= 4 is 37.3 Å². The van der Waals surface area contributed by atoms with E-state index in [1.807, 2.05) is 0 Å². The number of thiophene rings is 1. The van der Waals surface area contributed by atoms with Gasteiger partial charge in [-0.2, -0.15) is 0 Å². The largest absolute Gasteiger partial charge is 0.251 e. The van der Waals surface area contributed by atoms with Crippen LogP contribution in [0.5, 0.6) is 0 Å². The predicted molar refractivity (Wildman–Crippen MR) is 73.8 cm³/mol. The van der Waals surface area contributed by atoms with Crippen molar-refractivity contribution in [1.29, 1.82) is 0 Å². The van der Waals surface area contributed by atoms with Gasteiger partial charge in [0.2, 0.25) is 0 Å². The van der Waals surface area contributed by atoms with Crippen LogP contribution in [0.25, 0.3) is 0 Å². The van der Waals surface area contributed by atoms with E-state index in [1.54, 1.807) is 11.4 Å². The van der Waals surface area contributed by atoms with Gasteiger partial charge in [0.05, 0.1) is 0 Å². The number of hydrogen-bond acceptors (Lipinski definition) is 3. The molecule has 1 aliphatic rings. The van der Waals surface area contributed by atoms with Crippen molar-refractivity contribution in [2.24, 2.45) is 5.41 Å². The molecule has 0 aromatic carbocycles. The molecule has 0 amide bonds. The number of hydrogen-bond donors (Lipinski definition) is 1. The van der Waals surface area contributed by atoms with Crippen molar-refractivity contribution in [2.75, 3.05) is 6.54 Å². The van der Waals surface area contributed by atoms with Crippen LogP contribution >= 0.6 is 27.3 Å². The lowest BCUT2D eigenvalue weighted by Gasteiger charge is -2.41. The Balaban J connectivity index is 2.06. The maximum atomic E-state index is 12.1. The molecule has 0 saturated heterocycles. The fourth-order valence-corrected chi connectivity index (χ4v) is 5.65. The van der Waals surface area contributed by atoms with Crippen LogP contribution < -0.4 is 4.72 Å². The molecular formula is C11H16BrNO2S2. The summed E-state index contributed by atoms with van der Waals surface area (Å²) >= 11 is 4.50. The molecule has 96 valence electrons. The fourth-order valence-electron chi connectivity index (χ4n) is 2.12. The molecule has 2 rings (SSSR count). The van der Waals surface area contributed by atoms with Crippen molar-refractivity contribution in [2.45, 2.75) is 36.8 Å². The molecule has 0 spiro atoms. The van der Waals surface area contributed by atoms with E-state index in [4.69, 9.17) is 0 Å². The molecule has 1 saturated carbocycles. The number of rotatable bonds is 5. The highest BCUT2D eigenvalue weighted by molar-refractivity contribution is 9.10. The summed E-state index contributed by atoms with van der Waals surface area (Å²) in [7, 11) is -3.35. The molecule has 17 heavy (non-hydrogen) atoms. The lowest BCUT2D eigenvalue weighted by Crippen LogP contribution is -2.41. The van der Waals surface area contributed by atoms with Crippen LogP contribution in [0.3, 0.4) is 0 Å². The molecule has 0 aliphatic heterocycles. The molecule has 1 heterocycles. The van der Waals surface area contributed by atoms with E-state index in [9.17, 15) is 8.42 Å².